The van der Waals surface area contributed by atoms with Crippen LogP contribution in [0.1, 0.15) is 48.8 Å². The van der Waals surface area contributed by atoms with Gasteiger partial charge >= 0.3 is 0 Å². The second-order valence-electron chi connectivity index (χ2n) is 8.48. The summed E-state index contributed by atoms with van der Waals surface area (Å²) in [5, 5.41) is -0.170. The molecule has 2 aliphatic rings. The van der Waals surface area contributed by atoms with Gasteiger partial charge in [0.1, 0.15) is 6.61 Å². The van der Waals surface area contributed by atoms with Crippen molar-refractivity contribution in [2.75, 3.05) is 13.7 Å². The minimum absolute atomic E-state index is 0.170. The molecule has 0 unspecified atom stereocenters. The molecule has 168 valence electrons. The zero-order chi connectivity index (χ0) is 22.5. The number of ether oxygens (including phenoxy) is 2. The van der Waals surface area contributed by atoms with Crippen LogP contribution in [-0.2, 0) is 11.4 Å². The summed E-state index contributed by atoms with van der Waals surface area (Å²) in [5.74, 6) is 1.47. The van der Waals surface area contributed by atoms with Gasteiger partial charge in [0.2, 0.25) is 0 Å². The molecule has 1 saturated carbocycles. The minimum atomic E-state index is -0.191. The van der Waals surface area contributed by atoms with Crippen LogP contribution in [0.2, 0.25) is 0 Å². The van der Waals surface area contributed by atoms with Crippen molar-refractivity contribution < 1.29 is 19.1 Å². The Morgan fingerprint density at radius 2 is 1.78 bits per heavy atom. The number of benzene rings is 2. The molecule has 1 saturated heterocycles. The molecule has 0 aromatic heterocycles. The van der Waals surface area contributed by atoms with Crippen molar-refractivity contribution in [2.45, 2.75) is 45.6 Å². The molecule has 5 nitrogen and oxygen atoms in total. The number of carbonyl (C=O) groups is 2. The Labute approximate surface area is 193 Å². The Kier molecular flexibility index (Phi) is 7.20. The first kappa shape index (κ1) is 22.5. The summed E-state index contributed by atoms with van der Waals surface area (Å²) in [4.78, 5) is 27.2. The van der Waals surface area contributed by atoms with Crippen molar-refractivity contribution in [2.24, 2.45) is 5.92 Å². The highest BCUT2D eigenvalue weighted by Crippen LogP contribution is 2.36. The Morgan fingerprint density at radius 1 is 1.03 bits per heavy atom. The molecule has 1 aliphatic carbocycles. The molecule has 0 radical (unpaired) electrons. The van der Waals surface area contributed by atoms with Crippen molar-refractivity contribution in [1.82, 2.24) is 4.90 Å². The third-order valence-corrected chi connectivity index (χ3v) is 6.95. The van der Waals surface area contributed by atoms with Gasteiger partial charge in [-0.25, -0.2) is 0 Å². The largest absolute Gasteiger partial charge is 0.493 e. The minimum Gasteiger partial charge on any atom is -0.493 e. The lowest BCUT2D eigenvalue weighted by Crippen LogP contribution is -2.34. The standard InChI is InChI=1S/C26H29NO4S/c1-18-8-10-20(11-9-18)17-31-22-13-12-21(14-23(22)30-2)15-24-25(28)27(26(29)32-24)16-19-6-4-3-5-7-19/h8-15,19H,3-7,16-17H2,1-2H3/b24-15+. The fourth-order valence-electron chi connectivity index (χ4n) is 4.18. The molecule has 0 spiro atoms. The predicted octanol–water partition coefficient (Wildman–Crippen LogP) is 6.20. The molecule has 2 aromatic rings. The molecule has 32 heavy (non-hydrogen) atoms. The lowest BCUT2D eigenvalue weighted by Gasteiger charge is -2.25. The SMILES string of the molecule is COc1cc(/C=C2/SC(=O)N(CC3CCCCC3)C2=O)ccc1OCc1ccc(C)cc1. The van der Waals surface area contributed by atoms with Gasteiger partial charge in [0.25, 0.3) is 11.1 Å². The normalized spacial score (nSPS) is 18.4. The highest BCUT2D eigenvalue weighted by molar-refractivity contribution is 8.18. The zero-order valence-electron chi connectivity index (χ0n) is 18.6. The average molecular weight is 452 g/mol. The van der Waals surface area contributed by atoms with Crippen LogP contribution < -0.4 is 9.47 Å². The molecule has 4 rings (SSSR count). The van der Waals surface area contributed by atoms with Crippen LogP contribution >= 0.6 is 11.8 Å². The first-order valence-corrected chi connectivity index (χ1v) is 12.0. The molecular formula is C26H29NO4S. The number of methoxy groups -OCH3 is 1. The highest BCUT2D eigenvalue weighted by Gasteiger charge is 2.36. The summed E-state index contributed by atoms with van der Waals surface area (Å²) >= 11 is 1.02. The third-order valence-electron chi connectivity index (χ3n) is 6.04. The van der Waals surface area contributed by atoms with Gasteiger partial charge in [0, 0.05) is 6.54 Å². The van der Waals surface area contributed by atoms with Crippen LogP contribution in [0.3, 0.4) is 0 Å². The van der Waals surface area contributed by atoms with E-state index in [2.05, 4.69) is 19.1 Å². The monoisotopic (exact) mass is 451 g/mol. The van der Waals surface area contributed by atoms with E-state index in [9.17, 15) is 9.59 Å². The fraction of sp³-hybridized carbons (Fsp3) is 0.385. The van der Waals surface area contributed by atoms with Gasteiger partial charge in [0.15, 0.2) is 11.5 Å². The van der Waals surface area contributed by atoms with Gasteiger partial charge in [-0.2, -0.15) is 0 Å². The summed E-state index contributed by atoms with van der Waals surface area (Å²) < 4.78 is 11.4. The van der Waals surface area contributed by atoms with Crippen molar-refractivity contribution in [1.29, 1.82) is 0 Å². The lowest BCUT2D eigenvalue weighted by molar-refractivity contribution is -0.123. The average Bonchev–Trinajstić information content (AvgIpc) is 3.07. The Bertz CT molecular complexity index is 1010. The number of nitrogens with zero attached hydrogens (tertiary/aromatic N) is 1. The Balaban J connectivity index is 1.44. The molecule has 1 heterocycles. The van der Waals surface area contributed by atoms with Crippen LogP contribution in [0, 0.1) is 12.8 Å². The second kappa shape index (κ2) is 10.3. The molecule has 2 fully saturated rings. The number of carbonyl (C=O) groups excluding carboxylic acids is 2. The Hall–Kier alpha value is -2.73. The number of rotatable bonds is 7. The second-order valence-corrected chi connectivity index (χ2v) is 9.47. The van der Waals surface area contributed by atoms with Crippen LogP contribution in [0.5, 0.6) is 11.5 Å². The van der Waals surface area contributed by atoms with Crippen LogP contribution in [0.4, 0.5) is 4.79 Å². The zero-order valence-corrected chi connectivity index (χ0v) is 19.5. The number of hydrogen-bond acceptors (Lipinski definition) is 5. The molecule has 6 heteroatoms. The molecule has 0 bridgehead atoms. The number of hydrogen-bond donors (Lipinski definition) is 0. The Morgan fingerprint density at radius 3 is 2.50 bits per heavy atom. The summed E-state index contributed by atoms with van der Waals surface area (Å²) in [5.41, 5.74) is 3.08. The van der Waals surface area contributed by atoms with Crippen LogP contribution in [-0.4, -0.2) is 29.7 Å². The van der Waals surface area contributed by atoms with E-state index in [0.29, 0.717) is 35.5 Å². The molecule has 1 aliphatic heterocycles. The summed E-state index contributed by atoms with van der Waals surface area (Å²) in [7, 11) is 1.59. The number of imide groups is 1. The summed E-state index contributed by atoms with van der Waals surface area (Å²) in [6, 6.07) is 13.7. The predicted molar refractivity (Wildman–Crippen MR) is 128 cm³/mol. The topological polar surface area (TPSA) is 55.8 Å². The number of thioether (sulfide) groups is 1. The van der Waals surface area contributed by atoms with Gasteiger partial charge in [-0.15, -0.1) is 0 Å². The smallest absolute Gasteiger partial charge is 0.293 e. The molecule has 2 aromatic carbocycles. The van der Waals surface area contributed by atoms with E-state index < -0.39 is 0 Å². The number of amides is 2. The van der Waals surface area contributed by atoms with E-state index in [1.54, 1.807) is 13.2 Å². The van der Waals surface area contributed by atoms with Crippen molar-refractivity contribution >= 4 is 29.0 Å². The van der Waals surface area contributed by atoms with Crippen molar-refractivity contribution in [3.63, 3.8) is 0 Å². The van der Waals surface area contributed by atoms with E-state index in [0.717, 1.165) is 35.7 Å². The van der Waals surface area contributed by atoms with Crippen LogP contribution in [0.25, 0.3) is 6.08 Å². The lowest BCUT2D eigenvalue weighted by atomic mass is 9.89. The summed E-state index contributed by atoms with van der Waals surface area (Å²) in [6.45, 7) is 3.03. The van der Waals surface area contributed by atoms with Crippen LogP contribution in [0.15, 0.2) is 47.4 Å². The number of aryl methyl sites for hydroxylation is 1. The van der Waals surface area contributed by atoms with Crippen molar-refractivity contribution in [3.8, 4) is 11.5 Å². The molecular weight excluding hydrogens is 422 g/mol. The first-order valence-electron chi connectivity index (χ1n) is 11.2. The molecule has 0 N–H and O–H groups in total. The fourth-order valence-corrected chi connectivity index (χ4v) is 5.02. The van der Waals surface area contributed by atoms with Gasteiger partial charge in [0.05, 0.1) is 12.0 Å². The summed E-state index contributed by atoms with van der Waals surface area (Å²) in [6.07, 6.45) is 7.59. The van der Waals surface area contributed by atoms with E-state index >= 15 is 0 Å². The maximum atomic E-state index is 12.9. The van der Waals surface area contributed by atoms with E-state index in [1.165, 1.54) is 29.7 Å². The highest BCUT2D eigenvalue weighted by atomic mass is 32.2. The molecule has 2 amide bonds. The van der Waals surface area contributed by atoms with Gasteiger partial charge in [-0.3, -0.25) is 14.5 Å². The quantitative estimate of drug-likeness (QED) is 0.469. The maximum Gasteiger partial charge on any atom is 0.293 e. The van der Waals surface area contributed by atoms with Crippen molar-refractivity contribution in [3.05, 3.63) is 64.1 Å². The maximum absolute atomic E-state index is 12.9. The van der Waals surface area contributed by atoms with Gasteiger partial charge in [-0.05, 0) is 66.8 Å². The first-order chi connectivity index (χ1) is 15.5. The van der Waals surface area contributed by atoms with E-state index in [1.807, 2.05) is 30.3 Å². The molecule has 0 atom stereocenters. The van der Waals surface area contributed by atoms with E-state index in [-0.39, 0.29) is 11.1 Å². The van der Waals surface area contributed by atoms with Gasteiger partial charge < -0.3 is 9.47 Å². The third kappa shape index (κ3) is 5.36. The van der Waals surface area contributed by atoms with E-state index in [4.69, 9.17) is 9.47 Å². The van der Waals surface area contributed by atoms with Gasteiger partial charge in [-0.1, -0.05) is 55.2 Å².